The van der Waals surface area contributed by atoms with E-state index >= 15 is 0 Å². The third-order valence-corrected chi connectivity index (χ3v) is 4.82. The van der Waals surface area contributed by atoms with Crippen LogP contribution in [0.25, 0.3) is 11.3 Å². The van der Waals surface area contributed by atoms with Gasteiger partial charge in [-0.15, -0.1) is 10.2 Å². The van der Waals surface area contributed by atoms with Crippen LogP contribution in [0.1, 0.15) is 5.56 Å². The van der Waals surface area contributed by atoms with Crippen molar-refractivity contribution in [3.63, 3.8) is 0 Å². The van der Waals surface area contributed by atoms with Gasteiger partial charge in [-0.05, 0) is 35.9 Å². The van der Waals surface area contributed by atoms with E-state index in [4.69, 9.17) is 9.47 Å². The summed E-state index contributed by atoms with van der Waals surface area (Å²) in [7, 11) is 3.17. The summed E-state index contributed by atoms with van der Waals surface area (Å²) in [6, 6.07) is 15.9. The number of thioether (sulfide) groups is 1. The molecule has 0 aliphatic carbocycles. The van der Waals surface area contributed by atoms with Gasteiger partial charge in [0.2, 0.25) is 0 Å². The number of nitro benzene ring substituents is 1. The van der Waals surface area contributed by atoms with Crippen molar-refractivity contribution in [2.45, 2.75) is 10.8 Å². The van der Waals surface area contributed by atoms with Gasteiger partial charge in [0.1, 0.15) is 5.03 Å². The van der Waals surface area contributed by atoms with E-state index in [1.165, 1.54) is 17.8 Å². The minimum Gasteiger partial charge on any atom is -0.493 e. The van der Waals surface area contributed by atoms with Crippen LogP contribution in [0.3, 0.4) is 0 Å². The van der Waals surface area contributed by atoms with Gasteiger partial charge >= 0.3 is 0 Å². The zero-order valence-electron chi connectivity index (χ0n) is 14.8. The molecule has 0 fully saturated rings. The van der Waals surface area contributed by atoms with E-state index < -0.39 is 4.92 Å². The number of hydrogen-bond donors (Lipinski definition) is 0. The largest absolute Gasteiger partial charge is 0.493 e. The monoisotopic (exact) mass is 383 g/mol. The highest BCUT2D eigenvalue weighted by molar-refractivity contribution is 7.98. The van der Waals surface area contributed by atoms with Gasteiger partial charge in [0.15, 0.2) is 11.5 Å². The molecule has 0 atom stereocenters. The Hall–Kier alpha value is -3.13. The molecule has 3 aromatic rings. The van der Waals surface area contributed by atoms with E-state index in [0.29, 0.717) is 17.3 Å². The Kier molecular flexibility index (Phi) is 5.87. The first kappa shape index (κ1) is 18.7. The number of nitro groups is 1. The minimum atomic E-state index is -0.397. The molecule has 1 heterocycles. The normalized spacial score (nSPS) is 10.4. The predicted octanol–water partition coefficient (Wildman–Crippen LogP) is 4.36. The van der Waals surface area contributed by atoms with E-state index in [0.717, 1.165) is 21.8 Å². The Labute approximate surface area is 160 Å². The van der Waals surface area contributed by atoms with Crippen LogP contribution in [0.4, 0.5) is 5.69 Å². The van der Waals surface area contributed by atoms with Gasteiger partial charge in [-0.1, -0.05) is 23.9 Å². The van der Waals surface area contributed by atoms with Crippen molar-refractivity contribution in [3.8, 4) is 22.8 Å². The Morgan fingerprint density at radius 1 is 1.00 bits per heavy atom. The van der Waals surface area contributed by atoms with Gasteiger partial charge in [-0.2, -0.15) is 0 Å². The number of benzene rings is 2. The highest BCUT2D eigenvalue weighted by Crippen LogP contribution is 2.32. The molecule has 7 nitrogen and oxygen atoms in total. The lowest BCUT2D eigenvalue weighted by atomic mass is 10.1. The van der Waals surface area contributed by atoms with Gasteiger partial charge in [0.25, 0.3) is 5.69 Å². The molecule has 0 N–H and O–H groups in total. The van der Waals surface area contributed by atoms with E-state index in [1.807, 2.05) is 36.4 Å². The fourth-order valence-electron chi connectivity index (χ4n) is 2.46. The zero-order valence-corrected chi connectivity index (χ0v) is 15.6. The topological polar surface area (TPSA) is 87.4 Å². The summed E-state index contributed by atoms with van der Waals surface area (Å²) < 4.78 is 10.5. The second-order valence-corrected chi connectivity index (χ2v) is 6.54. The third kappa shape index (κ3) is 4.53. The average molecular weight is 383 g/mol. The Balaban J connectivity index is 1.70. The molecule has 27 heavy (non-hydrogen) atoms. The number of non-ortho nitro benzene ring substituents is 1. The summed E-state index contributed by atoms with van der Waals surface area (Å²) in [5, 5.41) is 20.1. The first-order chi connectivity index (χ1) is 13.1. The Morgan fingerprint density at radius 3 is 2.48 bits per heavy atom. The molecular weight excluding hydrogens is 366 g/mol. The number of methoxy groups -OCH3 is 2. The number of aromatic nitrogens is 2. The molecule has 138 valence electrons. The summed E-state index contributed by atoms with van der Waals surface area (Å²) in [5.41, 5.74) is 2.54. The van der Waals surface area contributed by atoms with E-state index in [-0.39, 0.29) is 5.69 Å². The number of hydrogen-bond acceptors (Lipinski definition) is 7. The van der Waals surface area contributed by atoms with Crippen molar-refractivity contribution in [1.82, 2.24) is 10.2 Å². The summed E-state index contributed by atoms with van der Waals surface area (Å²) >= 11 is 1.47. The summed E-state index contributed by atoms with van der Waals surface area (Å²) in [6.07, 6.45) is 0. The molecule has 0 aliphatic rings. The van der Waals surface area contributed by atoms with Crippen LogP contribution >= 0.6 is 11.8 Å². The van der Waals surface area contributed by atoms with Crippen molar-refractivity contribution in [3.05, 3.63) is 70.3 Å². The molecule has 8 heteroatoms. The van der Waals surface area contributed by atoms with Crippen molar-refractivity contribution in [2.75, 3.05) is 14.2 Å². The maximum absolute atomic E-state index is 10.8. The molecule has 0 aliphatic heterocycles. The van der Waals surface area contributed by atoms with Crippen LogP contribution in [0, 0.1) is 10.1 Å². The highest BCUT2D eigenvalue weighted by Gasteiger charge is 2.09. The Morgan fingerprint density at radius 2 is 1.81 bits per heavy atom. The van der Waals surface area contributed by atoms with Crippen molar-refractivity contribution in [2.24, 2.45) is 0 Å². The van der Waals surface area contributed by atoms with E-state index in [9.17, 15) is 10.1 Å². The highest BCUT2D eigenvalue weighted by atomic mass is 32.2. The van der Waals surface area contributed by atoms with Crippen LogP contribution in [-0.4, -0.2) is 29.3 Å². The SMILES string of the molecule is COc1ccc(-c2ccc(SCc3cccc([N+](=O)[O-])c3)nn2)cc1OC. The van der Waals surface area contributed by atoms with Gasteiger partial charge in [0.05, 0.1) is 24.8 Å². The molecule has 2 aromatic carbocycles. The first-order valence-corrected chi connectivity index (χ1v) is 9.01. The molecule has 0 unspecified atom stereocenters. The maximum atomic E-state index is 10.8. The second-order valence-electron chi connectivity index (χ2n) is 5.54. The summed E-state index contributed by atoms with van der Waals surface area (Å²) in [4.78, 5) is 10.4. The second kappa shape index (κ2) is 8.50. The van der Waals surface area contributed by atoms with E-state index in [1.54, 1.807) is 26.4 Å². The lowest BCUT2D eigenvalue weighted by molar-refractivity contribution is -0.384. The number of rotatable bonds is 7. The molecule has 0 radical (unpaired) electrons. The molecule has 3 rings (SSSR count). The maximum Gasteiger partial charge on any atom is 0.269 e. The van der Waals surface area contributed by atoms with Gasteiger partial charge in [0, 0.05) is 23.4 Å². The van der Waals surface area contributed by atoms with Crippen LogP contribution in [-0.2, 0) is 5.75 Å². The number of ether oxygens (including phenoxy) is 2. The minimum absolute atomic E-state index is 0.0861. The predicted molar refractivity (Wildman–Crippen MR) is 103 cm³/mol. The molecule has 1 aromatic heterocycles. The molecule has 0 spiro atoms. The van der Waals surface area contributed by atoms with Gasteiger partial charge < -0.3 is 9.47 Å². The fraction of sp³-hybridized carbons (Fsp3) is 0.158. The van der Waals surface area contributed by atoms with Crippen LogP contribution in [0.5, 0.6) is 11.5 Å². The number of nitrogens with zero attached hydrogens (tertiary/aromatic N) is 3. The van der Waals surface area contributed by atoms with Gasteiger partial charge in [-0.25, -0.2) is 0 Å². The van der Waals surface area contributed by atoms with Crippen LogP contribution in [0.2, 0.25) is 0 Å². The van der Waals surface area contributed by atoms with Crippen molar-refractivity contribution >= 4 is 17.4 Å². The summed E-state index contributed by atoms with van der Waals surface area (Å²) in [6.45, 7) is 0. The molecule has 0 saturated carbocycles. The first-order valence-electron chi connectivity index (χ1n) is 8.03. The Bertz CT molecular complexity index is 948. The average Bonchev–Trinajstić information content (AvgIpc) is 2.72. The lowest BCUT2D eigenvalue weighted by Crippen LogP contribution is -1.93. The fourth-order valence-corrected chi connectivity index (χ4v) is 3.22. The van der Waals surface area contributed by atoms with Crippen LogP contribution in [0.15, 0.2) is 59.6 Å². The van der Waals surface area contributed by atoms with Gasteiger partial charge in [-0.3, -0.25) is 10.1 Å². The lowest BCUT2D eigenvalue weighted by Gasteiger charge is -2.09. The quantitative estimate of drug-likeness (QED) is 0.340. The molecule has 0 bridgehead atoms. The smallest absolute Gasteiger partial charge is 0.269 e. The standard InChI is InChI=1S/C19H17N3O4S/c1-25-17-8-6-14(11-18(17)26-2)16-7-9-19(21-20-16)27-12-13-4-3-5-15(10-13)22(23)24/h3-11H,12H2,1-2H3. The molecular formula is C19H17N3O4S. The molecule has 0 saturated heterocycles. The zero-order chi connectivity index (χ0) is 19.2. The van der Waals surface area contributed by atoms with Crippen molar-refractivity contribution < 1.29 is 14.4 Å². The van der Waals surface area contributed by atoms with Crippen LogP contribution < -0.4 is 9.47 Å². The van der Waals surface area contributed by atoms with E-state index in [2.05, 4.69) is 10.2 Å². The molecule has 0 amide bonds. The van der Waals surface area contributed by atoms with Crippen molar-refractivity contribution in [1.29, 1.82) is 0 Å². The third-order valence-electron chi connectivity index (χ3n) is 3.83. The summed E-state index contributed by atoms with van der Waals surface area (Å²) in [5.74, 6) is 1.85.